The van der Waals surface area contributed by atoms with Crippen LogP contribution in [0, 0.1) is 0 Å². The molecule has 0 saturated carbocycles. The Bertz CT molecular complexity index is 330. The minimum atomic E-state index is 0.162. The van der Waals surface area contributed by atoms with Gasteiger partial charge in [-0.2, -0.15) is 0 Å². The van der Waals surface area contributed by atoms with Gasteiger partial charge >= 0.3 is 0 Å². The van der Waals surface area contributed by atoms with Crippen molar-refractivity contribution in [2.45, 2.75) is 0 Å². The quantitative estimate of drug-likeness (QED) is 0.819. The molecule has 5 heteroatoms. The summed E-state index contributed by atoms with van der Waals surface area (Å²) in [5.41, 5.74) is 5.26. The summed E-state index contributed by atoms with van der Waals surface area (Å²) in [6.07, 6.45) is 0. The molecule has 1 aromatic rings. The predicted octanol–water partition coefficient (Wildman–Crippen LogP) is 2.66. The molecule has 2 nitrogen and oxygen atoms in total. The molecule has 0 spiro atoms. The monoisotopic (exact) mass is 235 g/mol. The van der Waals surface area contributed by atoms with Gasteiger partial charge in [0.15, 0.2) is 0 Å². The van der Waals surface area contributed by atoms with Gasteiger partial charge in [0.25, 0.3) is 0 Å². The smallest absolute Gasteiger partial charge is 0.140 e. The van der Waals surface area contributed by atoms with Gasteiger partial charge in [0.2, 0.25) is 0 Å². The van der Waals surface area contributed by atoms with Crippen LogP contribution in [0.3, 0.4) is 0 Å². The van der Waals surface area contributed by atoms with E-state index in [1.807, 2.05) is 0 Å². The molecule has 0 unspecified atom stereocenters. The molecule has 0 heterocycles. The lowest BCUT2D eigenvalue weighted by atomic mass is 10.3. The number of hydrogen-bond donors (Lipinski definition) is 1. The van der Waals surface area contributed by atoms with Gasteiger partial charge in [0.1, 0.15) is 22.4 Å². The highest BCUT2D eigenvalue weighted by Crippen LogP contribution is 2.31. The largest absolute Gasteiger partial charge is 0.485 e. The third-order valence-corrected chi connectivity index (χ3v) is 2.21. The molecule has 1 rings (SSSR count). The van der Waals surface area contributed by atoms with Crippen molar-refractivity contribution in [3.8, 4) is 5.75 Å². The highest BCUT2D eigenvalue weighted by atomic mass is 35.5. The van der Waals surface area contributed by atoms with Crippen molar-refractivity contribution in [1.29, 1.82) is 0 Å². The van der Waals surface area contributed by atoms with E-state index in [0.29, 0.717) is 15.8 Å². The Morgan fingerprint density at radius 3 is 2.77 bits per heavy atom. The van der Waals surface area contributed by atoms with E-state index in [4.69, 9.17) is 33.7 Å². The molecule has 2 N–H and O–H groups in total. The molecule has 13 heavy (non-hydrogen) atoms. The zero-order valence-electron chi connectivity index (χ0n) is 6.59. The van der Waals surface area contributed by atoms with E-state index < -0.39 is 0 Å². The first-order chi connectivity index (χ1) is 6.11. The summed E-state index contributed by atoms with van der Waals surface area (Å²) in [6.45, 7) is 0.162. The first-order valence-corrected chi connectivity index (χ1v) is 4.63. The lowest BCUT2D eigenvalue weighted by molar-refractivity contribution is 0.378. The molecule has 0 bridgehead atoms. The van der Waals surface area contributed by atoms with Crippen LogP contribution in [-0.4, -0.2) is 11.6 Å². The average Bonchev–Trinajstić information content (AvgIpc) is 2.07. The molecule has 0 aliphatic carbocycles. The van der Waals surface area contributed by atoms with Gasteiger partial charge in [0.05, 0.1) is 5.02 Å². The van der Waals surface area contributed by atoms with Crippen molar-refractivity contribution in [2.75, 3.05) is 6.61 Å². The van der Waals surface area contributed by atoms with Crippen molar-refractivity contribution in [3.63, 3.8) is 0 Å². The SMILES string of the molecule is NC(=S)COc1cccc(Cl)c1Cl. The molecule has 0 saturated heterocycles. The minimum absolute atomic E-state index is 0.162. The van der Waals surface area contributed by atoms with Gasteiger partial charge in [-0.05, 0) is 12.1 Å². The second kappa shape index (κ2) is 4.65. The molecular weight excluding hydrogens is 229 g/mol. The van der Waals surface area contributed by atoms with Crippen LogP contribution in [0.5, 0.6) is 5.75 Å². The summed E-state index contributed by atoms with van der Waals surface area (Å²) >= 11 is 16.2. The van der Waals surface area contributed by atoms with Crippen molar-refractivity contribution in [1.82, 2.24) is 0 Å². The van der Waals surface area contributed by atoms with E-state index in [1.54, 1.807) is 18.2 Å². The maximum Gasteiger partial charge on any atom is 0.140 e. The number of halogens is 2. The molecule has 0 aromatic heterocycles. The predicted molar refractivity (Wildman–Crippen MR) is 58.7 cm³/mol. The van der Waals surface area contributed by atoms with Crippen LogP contribution in [0.25, 0.3) is 0 Å². The van der Waals surface area contributed by atoms with Crippen molar-refractivity contribution in [2.24, 2.45) is 5.73 Å². The van der Waals surface area contributed by atoms with Crippen molar-refractivity contribution >= 4 is 40.4 Å². The Morgan fingerprint density at radius 2 is 2.15 bits per heavy atom. The fraction of sp³-hybridized carbons (Fsp3) is 0.125. The van der Waals surface area contributed by atoms with E-state index in [0.717, 1.165) is 0 Å². The van der Waals surface area contributed by atoms with Gasteiger partial charge in [-0.1, -0.05) is 41.5 Å². The van der Waals surface area contributed by atoms with E-state index in [1.165, 1.54) is 0 Å². The summed E-state index contributed by atoms with van der Waals surface area (Å²) in [4.78, 5) is 0.274. The van der Waals surface area contributed by atoms with Gasteiger partial charge in [-0.15, -0.1) is 0 Å². The first-order valence-electron chi connectivity index (χ1n) is 3.46. The van der Waals surface area contributed by atoms with Gasteiger partial charge in [-0.25, -0.2) is 0 Å². The minimum Gasteiger partial charge on any atom is -0.485 e. The van der Waals surface area contributed by atoms with Gasteiger partial charge in [0, 0.05) is 0 Å². The summed E-state index contributed by atoms with van der Waals surface area (Å²) < 4.78 is 5.20. The molecule has 1 aromatic carbocycles. The fourth-order valence-electron chi connectivity index (χ4n) is 0.744. The summed E-state index contributed by atoms with van der Waals surface area (Å²) in [6, 6.07) is 5.12. The first kappa shape index (κ1) is 10.6. The Labute approximate surface area is 91.6 Å². The third-order valence-electron chi connectivity index (χ3n) is 1.29. The fourth-order valence-corrected chi connectivity index (χ4v) is 1.15. The second-order valence-corrected chi connectivity index (χ2v) is 3.62. The van der Waals surface area contributed by atoms with Crippen molar-refractivity contribution < 1.29 is 4.74 Å². The number of thiocarbonyl (C=S) groups is 1. The molecule has 0 aliphatic heterocycles. The van der Waals surface area contributed by atoms with Gasteiger partial charge < -0.3 is 10.5 Å². The van der Waals surface area contributed by atoms with E-state index in [-0.39, 0.29) is 11.6 Å². The van der Waals surface area contributed by atoms with E-state index >= 15 is 0 Å². The Morgan fingerprint density at radius 1 is 1.46 bits per heavy atom. The van der Waals surface area contributed by atoms with Crippen LogP contribution in [0.1, 0.15) is 0 Å². The molecule has 0 amide bonds. The molecule has 70 valence electrons. The highest BCUT2D eigenvalue weighted by Gasteiger charge is 2.04. The lowest BCUT2D eigenvalue weighted by Gasteiger charge is -2.07. The zero-order valence-corrected chi connectivity index (χ0v) is 8.92. The second-order valence-electron chi connectivity index (χ2n) is 2.31. The summed E-state index contributed by atoms with van der Waals surface area (Å²) in [7, 11) is 0. The van der Waals surface area contributed by atoms with Crippen LogP contribution in [0.2, 0.25) is 10.0 Å². The van der Waals surface area contributed by atoms with Crippen LogP contribution < -0.4 is 10.5 Å². The maximum atomic E-state index is 5.84. The highest BCUT2D eigenvalue weighted by molar-refractivity contribution is 7.80. The molecule has 0 atom stereocenters. The van der Waals surface area contributed by atoms with Crippen LogP contribution in [0.4, 0.5) is 0 Å². The number of nitrogens with two attached hydrogens (primary N) is 1. The zero-order chi connectivity index (χ0) is 9.84. The topological polar surface area (TPSA) is 35.2 Å². The number of rotatable bonds is 3. The molecule has 0 radical (unpaired) electrons. The normalized spacial score (nSPS) is 9.69. The maximum absolute atomic E-state index is 5.84. The average molecular weight is 236 g/mol. The number of ether oxygens (including phenoxy) is 1. The van der Waals surface area contributed by atoms with Crippen molar-refractivity contribution in [3.05, 3.63) is 28.2 Å². The summed E-state index contributed by atoms with van der Waals surface area (Å²) in [5, 5.41) is 0.822. The Balaban J connectivity index is 2.77. The number of benzene rings is 1. The molecule has 0 fully saturated rings. The van der Waals surface area contributed by atoms with E-state index in [9.17, 15) is 0 Å². The summed E-state index contributed by atoms with van der Waals surface area (Å²) in [5.74, 6) is 0.488. The standard InChI is InChI=1S/C8H7Cl2NOS/c9-5-2-1-3-6(8(5)10)12-4-7(11)13/h1-3H,4H2,(H2,11,13). The Hall–Kier alpha value is -0.510. The molecule has 0 aliphatic rings. The Kier molecular flexibility index (Phi) is 3.78. The van der Waals surface area contributed by atoms with Gasteiger partial charge in [-0.3, -0.25) is 0 Å². The third kappa shape index (κ3) is 3.03. The van der Waals surface area contributed by atoms with Crippen LogP contribution >= 0.6 is 35.4 Å². The van der Waals surface area contributed by atoms with E-state index in [2.05, 4.69) is 12.2 Å². The van der Waals surface area contributed by atoms with Crippen LogP contribution in [-0.2, 0) is 0 Å². The lowest BCUT2D eigenvalue weighted by Crippen LogP contribution is -2.17. The molecular formula is C8H7Cl2NOS. The van der Waals surface area contributed by atoms with Crippen LogP contribution in [0.15, 0.2) is 18.2 Å². The number of hydrogen-bond acceptors (Lipinski definition) is 2.